The van der Waals surface area contributed by atoms with E-state index < -0.39 is 17.8 Å². The molecule has 3 aliphatic rings. The summed E-state index contributed by atoms with van der Waals surface area (Å²) < 4.78 is 0. The van der Waals surface area contributed by atoms with Crippen molar-refractivity contribution in [2.45, 2.75) is 25.3 Å². The Morgan fingerprint density at radius 2 is 1.75 bits per heavy atom. The van der Waals surface area contributed by atoms with Crippen LogP contribution in [0, 0.1) is 23.7 Å². The summed E-state index contributed by atoms with van der Waals surface area (Å²) >= 11 is 0. The minimum absolute atomic E-state index is 0.00686. The highest BCUT2D eigenvalue weighted by molar-refractivity contribution is 5.90. The average molecular weight is 278 g/mol. The molecule has 0 spiro atoms. The van der Waals surface area contributed by atoms with Gasteiger partial charge in [-0.15, -0.1) is 0 Å². The van der Waals surface area contributed by atoms with Crippen molar-refractivity contribution in [1.82, 2.24) is 10.6 Å². The molecule has 6 nitrogen and oxygen atoms in total. The van der Waals surface area contributed by atoms with E-state index in [1.54, 1.807) is 0 Å². The Morgan fingerprint density at radius 3 is 2.35 bits per heavy atom. The zero-order valence-corrected chi connectivity index (χ0v) is 11.0. The van der Waals surface area contributed by atoms with Gasteiger partial charge in [0.25, 0.3) is 0 Å². The molecule has 4 atom stereocenters. The second-order valence-corrected chi connectivity index (χ2v) is 5.90. The van der Waals surface area contributed by atoms with Crippen molar-refractivity contribution in [3.63, 3.8) is 0 Å². The lowest BCUT2D eigenvalue weighted by molar-refractivity contribution is -0.147. The third-order valence-corrected chi connectivity index (χ3v) is 4.41. The van der Waals surface area contributed by atoms with Crippen LogP contribution in [0.3, 0.4) is 0 Å². The monoisotopic (exact) mass is 278 g/mol. The van der Waals surface area contributed by atoms with E-state index in [0.717, 1.165) is 19.3 Å². The van der Waals surface area contributed by atoms with Gasteiger partial charge < -0.3 is 15.7 Å². The largest absolute Gasteiger partial charge is 0.481 e. The number of fused-ring (bicyclic) bond motifs is 2. The second-order valence-electron chi connectivity index (χ2n) is 5.90. The Morgan fingerprint density at radius 1 is 1.10 bits per heavy atom. The second kappa shape index (κ2) is 4.92. The Balaban J connectivity index is 1.57. The topological polar surface area (TPSA) is 95.5 Å². The van der Waals surface area contributed by atoms with Crippen LogP contribution in [-0.2, 0) is 14.4 Å². The van der Waals surface area contributed by atoms with Gasteiger partial charge in [0.1, 0.15) is 0 Å². The Hall–Kier alpha value is -1.85. The Bertz CT molecular complexity index is 484. The van der Waals surface area contributed by atoms with Crippen molar-refractivity contribution < 1.29 is 19.5 Å². The first-order valence-corrected chi connectivity index (χ1v) is 7.04. The third-order valence-electron chi connectivity index (χ3n) is 4.41. The summed E-state index contributed by atoms with van der Waals surface area (Å²) in [5.74, 6) is -2.70. The van der Waals surface area contributed by atoms with Crippen molar-refractivity contribution in [3.05, 3.63) is 12.2 Å². The van der Waals surface area contributed by atoms with Crippen molar-refractivity contribution in [2.24, 2.45) is 23.7 Å². The van der Waals surface area contributed by atoms with E-state index in [1.807, 2.05) is 12.2 Å². The fourth-order valence-corrected chi connectivity index (χ4v) is 3.31. The summed E-state index contributed by atoms with van der Waals surface area (Å²) in [6.07, 6.45) is 6.55. The van der Waals surface area contributed by atoms with Gasteiger partial charge in [0.05, 0.1) is 18.4 Å². The van der Waals surface area contributed by atoms with E-state index >= 15 is 0 Å². The molecule has 2 saturated carbocycles. The van der Waals surface area contributed by atoms with Gasteiger partial charge in [-0.2, -0.15) is 0 Å². The van der Waals surface area contributed by atoms with Gasteiger partial charge >= 0.3 is 5.97 Å². The summed E-state index contributed by atoms with van der Waals surface area (Å²) in [4.78, 5) is 35.0. The van der Waals surface area contributed by atoms with Gasteiger partial charge in [-0.1, -0.05) is 12.2 Å². The molecule has 2 bridgehead atoms. The van der Waals surface area contributed by atoms with Crippen molar-refractivity contribution >= 4 is 17.8 Å². The van der Waals surface area contributed by atoms with Gasteiger partial charge in [-0.3, -0.25) is 14.4 Å². The lowest BCUT2D eigenvalue weighted by Gasteiger charge is -2.23. The number of hydrogen-bond acceptors (Lipinski definition) is 3. The maximum absolute atomic E-state index is 12.2. The first-order valence-electron chi connectivity index (χ1n) is 7.04. The van der Waals surface area contributed by atoms with Crippen LogP contribution in [0.2, 0.25) is 0 Å². The van der Waals surface area contributed by atoms with Crippen LogP contribution in [-0.4, -0.2) is 35.5 Å². The van der Waals surface area contributed by atoms with E-state index in [4.69, 9.17) is 0 Å². The molecular weight excluding hydrogens is 260 g/mol. The highest BCUT2D eigenvalue weighted by Crippen LogP contribution is 2.48. The normalized spacial score (nSPS) is 34.0. The molecule has 3 aliphatic carbocycles. The Labute approximate surface area is 116 Å². The van der Waals surface area contributed by atoms with Crippen LogP contribution in [0.4, 0.5) is 0 Å². The molecule has 3 rings (SSSR count). The molecule has 2 fully saturated rings. The van der Waals surface area contributed by atoms with Crippen LogP contribution in [0.1, 0.15) is 19.3 Å². The number of rotatable bonds is 5. The summed E-state index contributed by atoms with van der Waals surface area (Å²) in [5.41, 5.74) is 0. The number of amides is 2. The molecule has 2 amide bonds. The fraction of sp³-hybridized carbons (Fsp3) is 0.643. The van der Waals surface area contributed by atoms with E-state index in [0.29, 0.717) is 0 Å². The molecule has 0 aliphatic heterocycles. The van der Waals surface area contributed by atoms with E-state index in [2.05, 4.69) is 10.6 Å². The fourth-order valence-electron chi connectivity index (χ4n) is 3.31. The number of carbonyl (C=O) groups is 3. The molecule has 20 heavy (non-hydrogen) atoms. The SMILES string of the molecule is O=C(CNC(=O)C1C2C=CC(C2)C1C(=O)O)NC1CC1. The van der Waals surface area contributed by atoms with Gasteiger partial charge in [-0.25, -0.2) is 0 Å². The highest BCUT2D eigenvalue weighted by atomic mass is 16.4. The molecule has 0 heterocycles. The van der Waals surface area contributed by atoms with Crippen LogP contribution in [0.5, 0.6) is 0 Å². The number of aliphatic carboxylic acids is 1. The standard InChI is InChI=1S/C14H18N2O4/c17-10(16-9-3-4-9)6-15-13(18)11-7-1-2-8(5-7)12(11)14(19)20/h1-2,7-9,11-12H,3-6H2,(H,15,18)(H,16,17)(H,19,20). The maximum atomic E-state index is 12.2. The highest BCUT2D eigenvalue weighted by Gasteiger charge is 2.51. The summed E-state index contributed by atoms with van der Waals surface area (Å²) in [5, 5.41) is 14.6. The average Bonchev–Trinajstić information content (AvgIpc) is 2.98. The molecule has 0 aromatic carbocycles. The summed E-state index contributed by atoms with van der Waals surface area (Å²) in [6.45, 7) is -0.0702. The molecule has 108 valence electrons. The van der Waals surface area contributed by atoms with Gasteiger partial charge in [0.15, 0.2) is 0 Å². The molecule has 0 aromatic rings. The lowest BCUT2D eigenvalue weighted by Crippen LogP contribution is -2.44. The van der Waals surface area contributed by atoms with Crippen LogP contribution in [0.25, 0.3) is 0 Å². The maximum Gasteiger partial charge on any atom is 0.307 e. The van der Waals surface area contributed by atoms with Crippen LogP contribution in [0.15, 0.2) is 12.2 Å². The van der Waals surface area contributed by atoms with E-state index in [1.165, 1.54) is 0 Å². The summed E-state index contributed by atoms with van der Waals surface area (Å²) in [7, 11) is 0. The number of carbonyl (C=O) groups excluding carboxylic acids is 2. The smallest absolute Gasteiger partial charge is 0.307 e. The number of allylic oxidation sites excluding steroid dienone is 2. The molecule has 6 heteroatoms. The molecular formula is C14H18N2O4. The van der Waals surface area contributed by atoms with Gasteiger partial charge in [-0.05, 0) is 31.1 Å². The first-order chi connectivity index (χ1) is 9.56. The number of carboxylic acid groups (broad SMARTS) is 1. The number of carboxylic acids is 1. The zero-order valence-electron chi connectivity index (χ0n) is 11.0. The van der Waals surface area contributed by atoms with E-state index in [9.17, 15) is 19.5 Å². The van der Waals surface area contributed by atoms with Crippen molar-refractivity contribution in [3.8, 4) is 0 Å². The minimum atomic E-state index is -0.926. The third kappa shape index (κ3) is 2.42. The molecule has 4 unspecified atom stereocenters. The first kappa shape index (κ1) is 13.1. The van der Waals surface area contributed by atoms with Crippen LogP contribution < -0.4 is 10.6 Å². The van der Waals surface area contributed by atoms with Gasteiger partial charge in [0.2, 0.25) is 11.8 Å². The van der Waals surface area contributed by atoms with Crippen LogP contribution >= 0.6 is 0 Å². The van der Waals surface area contributed by atoms with Gasteiger partial charge in [0, 0.05) is 6.04 Å². The van der Waals surface area contributed by atoms with E-state index in [-0.39, 0.29) is 36.2 Å². The minimum Gasteiger partial charge on any atom is -0.481 e. The van der Waals surface area contributed by atoms with Crippen molar-refractivity contribution in [1.29, 1.82) is 0 Å². The quantitative estimate of drug-likeness (QED) is 0.612. The lowest BCUT2D eigenvalue weighted by atomic mass is 9.82. The molecule has 3 N–H and O–H groups in total. The zero-order chi connectivity index (χ0) is 14.3. The van der Waals surface area contributed by atoms with Crippen molar-refractivity contribution in [2.75, 3.05) is 6.54 Å². The number of hydrogen-bond donors (Lipinski definition) is 3. The Kier molecular flexibility index (Phi) is 3.23. The predicted octanol–water partition coefficient (Wildman–Crippen LogP) is -0.0959. The number of nitrogens with one attached hydrogen (secondary N) is 2. The predicted molar refractivity (Wildman–Crippen MR) is 69.5 cm³/mol. The molecule has 0 radical (unpaired) electrons. The molecule has 0 aromatic heterocycles. The summed E-state index contributed by atoms with van der Waals surface area (Å²) in [6, 6.07) is 0.261. The molecule has 0 saturated heterocycles.